The Kier molecular flexibility index (Phi) is 6.35. The maximum absolute atomic E-state index is 6.52. The van der Waals surface area contributed by atoms with Gasteiger partial charge in [0.15, 0.2) is 0 Å². The number of benzene rings is 2. The summed E-state index contributed by atoms with van der Waals surface area (Å²) in [6.45, 7) is 6.51. The molecule has 0 fully saturated rings. The van der Waals surface area contributed by atoms with Crippen molar-refractivity contribution in [2.45, 2.75) is 33.8 Å². The van der Waals surface area contributed by atoms with Crippen molar-refractivity contribution >= 4 is 17.3 Å². The molecule has 2 N–H and O–H groups in total. The van der Waals surface area contributed by atoms with Gasteiger partial charge in [-0.1, -0.05) is 24.6 Å². The molecule has 6 nitrogen and oxygen atoms in total. The van der Waals surface area contributed by atoms with E-state index < -0.39 is 0 Å². The number of ether oxygens (including phenoxy) is 2. The summed E-state index contributed by atoms with van der Waals surface area (Å²) in [5.74, 6) is 7.25. The molecule has 154 valence electrons. The van der Waals surface area contributed by atoms with E-state index in [9.17, 15) is 0 Å². The number of hydrogen-bond acceptors (Lipinski definition) is 5. The summed E-state index contributed by atoms with van der Waals surface area (Å²) in [6.07, 6.45) is 0.948. The number of nitrogens with zero attached hydrogens (tertiary/aromatic N) is 3. The minimum absolute atomic E-state index is 0.278. The molecule has 3 rings (SSSR count). The Morgan fingerprint density at radius 3 is 2.48 bits per heavy atom. The molecular formula is C22H27ClN4O2. The third kappa shape index (κ3) is 4.18. The third-order valence-electron chi connectivity index (χ3n) is 5.03. The van der Waals surface area contributed by atoms with Crippen LogP contribution in [0.5, 0.6) is 11.5 Å². The molecule has 0 unspecified atom stereocenters. The molecule has 0 aliphatic heterocycles. The van der Waals surface area contributed by atoms with E-state index in [2.05, 4.69) is 18.9 Å². The van der Waals surface area contributed by atoms with Crippen molar-refractivity contribution in [3.8, 4) is 17.2 Å². The molecule has 0 spiro atoms. The number of rotatable bonds is 7. The van der Waals surface area contributed by atoms with Crippen LogP contribution >= 0.6 is 11.6 Å². The van der Waals surface area contributed by atoms with Gasteiger partial charge in [-0.05, 0) is 56.2 Å². The van der Waals surface area contributed by atoms with Crippen LogP contribution in [-0.2, 0) is 13.0 Å². The smallest absolute Gasteiger partial charge is 0.138 e. The Labute approximate surface area is 176 Å². The van der Waals surface area contributed by atoms with Crippen LogP contribution in [0.3, 0.4) is 0 Å². The summed E-state index contributed by atoms with van der Waals surface area (Å²) in [6, 6.07) is 11.4. The molecule has 7 heteroatoms. The van der Waals surface area contributed by atoms with E-state index >= 15 is 0 Å². The SMILES string of the molecule is CCc1c(C)nn(-c2ccc(OCc3c(OC)cccc3N(C)N)c(Cl)c2)c1C. The first kappa shape index (κ1) is 21.0. The lowest BCUT2D eigenvalue weighted by molar-refractivity contribution is 0.297. The average Bonchev–Trinajstić information content (AvgIpc) is 2.99. The molecule has 29 heavy (non-hydrogen) atoms. The number of anilines is 1. The zero-order valence-electron chi connectivity index (χ0n) is 17.5. The van der Waals surface area contributed by atoms with E-state index in [0.717, 1.165) is 34.7 Å². The zero-order chi connectivity index (χ0) is 21.1. The normalized spacial score (nSPS) is 10.9. The van der Waals surface area contributed by atoms with Crippen molar-refractivity contribution < 1.29 is 9.47 Å². The van der Waals surface area contributed by atoms with Gasteiger partial charge >= 0.3 is 0 Å². The van der Waals surface area contributed by atoms with Crippen LogP contribution in [0.1, 0.15) is 29.4 Å². The van der Waals surface area contributed by atoms with Crippen LogP contribution in [0, 0.1) is 13.8 Å². The van der Waals surface area contributed by atoms with Gasteiger partial charge in [-0.3, -0.25) is 0 Å². The molecule has 0 atom stereocenters. The maximum Gasteiger partial charge on any atom is 0.138 e. The zero-order valence-corrected chi connectivity index (χ0v) is 18.2. The predicted octanol–water partition coefficient (Wildman–Crippen LogP) is 4.60. The lowest BCUT2D eigenvalue weighted by Gasteiger charge is -2.20. The molecule has 0 bridgehead atoms. The second-order valence-electron chi connectivity index (χ2n) is 6.89. The van der Waals surface area contributed by atoms with Crippen molar-refractivity contribution in [1.29, 1.82) is 0 Å². The minimum Gasteiger partial charge on any atom is -0.496 e. The van der Waals surface area contributed by atoms with Gasteiger partial charge in [0.05, 0.1) is 34.8 Å². The molecule has 3 aromatic rings. The Bertz CT molecular complexity index is 1010. The van der Waals surface area contributed by atoms with Crippen LogP contribution in [0.25, 0.3) is 5.69 Å². The topological polar surface area (TPSA) is 65.5 Å². The predicted molar refractivity (Wildman–Crippen MR) is 117 cm³/mol. The Balaban J connectivity index is 1.86. The number of hydrogen-bond donors (Lipinski definition) is 1. The van der Waals surface area contributed by atoms with Crippen LogP contribution in [-0.4, -0.2) is 23.9 Å². The first-order valence-electron chi connectivity index (χ1n) is 9.49. The molecule has 1 aromatic heterocycles. The molecule has 0 amide bonds. The minimum atomic E-state index is 0.278. The van der Waals surface area contributed by atoms with Gasteiger partial charge in [0.2, 0.25) is 0 Å². The molecule has 1 heterocycles. The quantitative estimate of drug-likeness (QED) is 0.452. The van der Waals surface area contributed by atoms with E-state index in [-0.39, 0.29) is 6.61 Å². The van der Waals surface area contributed by atoms with Crippen molar-refractivity contribution in [3.05, 3.63) is 63.9 Å². The summed E-state index contributed by atoms with van der Waals surface area (Å²) in [5.41, 5.74) is 6.01. The molecule has 0 aliphatic carbocycles. The highest BCUT2D eigenvalue weighted by Gasteiger charge is 2.15. The van der Waals surface area contributed by atoms with Crippen molar-refractivity contribution in [3.63, 3.8) is 0 Å². The highest BCUT2D eigenvalue weighted by Crippen LogP contribution is 2.32. The lowest BCUT2D eigenvalue weighted by Crippen LogP contribution is -2.26. The van der Waals surface area contributed by atoms with E-state index in [0.29, 0.717) is 16.5 Å². The van der Waals surface area contributed by atoms with Gasteiger partial charge in [-0.25, -0.2) is 10.5 Å². The number of halogens is 1. The van der Waals surface area contributed by atoms with E-state index in [1.54, 1.807) is 19.2 Å². The molecular weight excluding hydrogens is 388 g/mol. The summed E-state index contributed by atoms with van der Waals surface area (Å²) >= 11 is 6.52. The van der Waals surface area contributed by atoms with E-state index in [4.69, 9.17) is 26.9 Å². The van der Waals surface area contributed by atoms with Crippen molar-refractivity contribution in [2.75, 3.05) is 19.2 Å². The summed E-state index contributed by atoms with van der Waals surface area (Å²) in [7, 11) is 3.40. The van der Waals surface area contributed by atoms with E-state index in [1.807, 2.05) is 48.0 Å². The lowest BCUT2D eigenvalue weighted by atomic mass is 10.1. The maximum atomic E-state index is 6.52. The Morgan fingerprint density at radius 1 is 1.14 bits per heavy atom. The molecule has 0 saturated carbocycles. The van der Waals surface area contributed by atoms with E-state index in [1.165, 1.54) is 5.56 Å². The van der Waals surface area contributed by atoms with Crippen LogP contribution in [0.15, 0.2) is 36.4 Å². The molecule has 0 aliphatic rings. The second kappa shape index (κ2) is 8.76. The van der Waals surface area contributed by atoms with Crippen molar-refractivity contribution in [2.24, 2.45) is 5.84 Å². The average molecular weight is 415 g/mol. The standard InChI is InChI=1S/C22H27ClN4O2/c1-6-17-14(2)25-27(15(17)3)16-10-11-22(19(23)12-16)29-13-18-20(26(4)24)8-7-9-21(18)28-5/h7-12H,6,13,24H2,1-5H3. The van der Waals surface area contributed by atoms with Gasteiger partial charge in [0.1, 0.15) is 18.1 Å². The van der Waals surface area contributed by atoms with Gasteiger partial charge in [0, 0.05) is 12.7 Å². The summed E-state index contributed by atoms with van der Waals surface area (Å²) < 4.78 is 13.4. The van der Waals surface area contributed by atoms with Crippen LogP contribution < -0.4 is 20.3 Å². The Morgan fingerprint density at radius 2 is 1.90 bits per heavy atom. The molecule has 0 saturated heterocycles. The summed E-state index contributed by atoms with van der Waals surface area (Å²) in [4.78, 5) is 0. The highest BCUT2D eigenvalue weighted by molar-refractivity contribution is 6.32. The highest BCUT2D eigenvalue weighted by atomic mass is 35.5. The Hall–Kier alpha value is -2.70. The van der Waals surface area contributed by atoms with Gasteiger partial charge in [0.25, 0.3) is 0 Å². The molecule has 2 aromatic carbocycles. The fourth-order valence-corrected chi connectivity index (χ4v) is 3.78. The molecule has 0 radical (unpaired) electrons. The largest absolute Gasteiger partial charge is 0.496 e. The number of hydrazine groups is 1. The van der Waals surface area contributed by atoms with Crippen LogP contribution in [0.2, 0.25) is 5.02 Å². The first-order chi connectivity index (χ1) is 13.9. The number of aromatic nitrogens is 2. The fraction of sp³-hybridized carbons (Fsp3) is 0.318. The van der Waals surface area contributed by atoms with Gasteiger partial charge < -0.3 is 14.5 Å². The third-order valence-corrected chi connectivity index (χ3v) is 5.33. The number of nitrogens with two attached hydrogens (primary N) is 1. The van der Waals surface area contributed by atoms with Crippen LogP contribution in [0.4, 0.5) is 5.69 Å². The monoisotopic (exact) mass is 414 g/mol. The fourth-order valence-electron chi connectivity index (χ4n) is 3.55. The number of methoxy groups -OCH3 is 1. The summed E-state index contributed by atoms with van der Waals surface area (Å²) in [5, 5.41) is 6.71. The van der Waals surface area contributed by atoms with Crippen molar-refractivity contribution in [1.82, 2.24) is 9.78 Å². The second-order valence-corrected chi connectivity index (χ2v) is 7.29. The first-order valence-corrected chi connectivity index (χ1v) is 9.87. The van der Waals surface area contributed by atoms with Gasteiger partial charge in [-0.15, -0.1) is 0 Å². The number of aryl methyl sites for hydroxylation is 1. The van der Waals surface area contributed by atoms with Gasteiger partial charge in [-0.2, -0.15) is 5.10 Å².